The van der Waals surface area contributed by atoms with E-state index in [-0.39, 0.29) is 42.1 Å². The molecule has 0 unspecified atom stereocenters. The SMILES string of the molecule is CCOc1cc(C=NN2C(=O)[C@@H]3[C@H](C2=O)[C@H]2C=C[C@H]3CC2)cc(Br)c1OCc1ccc(Cl)cc1Cl. The normalized spacial score (nSPS) is 25.0. The minimum atomic E-state index is -0.287. The minimum Gasteiger partial charge on any atom is -0.490 e. The number of hydrazone groups is 1. The molecule has 6 nitrogen and oxygen atoms in total. The fourth-order valence-corrected chi connectivity index (χ4v) is 6.19. The van der Waals surface area contributed by atoms with Gasteiger partial charge in [0.05, 0.1) is 29.1 Å². The van der Waals surface area contributed by atoms with Crippen LogP contribution in [0.15, 0.2) is 52.1 Å². The maximum atomic E-state index is 13.0. The van der Waals surface area contributed by atoms with Crippen LogP contribution in [0.3, 0.4) is 0 Å². The van der Waals surface area contributed by atoms with E-state index in [4.69, 9.17) is 32.7 Å². The number of fused-ring (bicyclic) bond motifs is 1. The highest BCUT2D eigenvalue weighted by Crippen LogP contribution is 2.49. The molecule has 2 bridgehead atoms. The van der Waals surface area contributed by atoms with Crippen LogP contribution in [0, 0.1) is 23.7 Å². The van der Waals surface area contributed by atoms with Crippen molar-refractivity contribution < 1.29 is 19.1 Å². The van der Waals surface area contributed by atoms with E-state index in [2.05, 4.69) is 33.2 Å². The number of ether oxygens (including phenoxy) is 2. The van der Waals surface area contributed by atoms with Gasteiger partial charge in [0.1, 0.15) is 6.61 Å². The number of imide groups is 1. The monoisotopic (exact) mass is 576 g/mol. The number of rotatable bonds is 7. The Kier molecular flexibility index (Phi) is 6.93. The zero-order chi connectivity index (χ0) is 24.7. The average Bonchev–Trinajstić information content (AvgIpc) is 3.11. The maximum absolute atomic E-state index is 13.0. The van der Waals surface area contributed by atoms with Crippen LogP contribution in [0.2, 0.25) is 10.0 Å². The Morgan fingerprint density at radius 3 is 2.34 bits per heavy atom. The van der Waals surface area contributed by atoms with Gasteiger partial charge >= 0.3 is 0 Å². The van der Waals surface area contributed by atoms with Crippen molar-refractivity contribution in [1.82, 2.24) is 5.01 Å². The fourth-order valence-electron chi connectivity index (χ4n) is 5.15. The van der Waals surface area contributed by atoms with Crippen LogP contribution < -0.4 is 9.47 Å². The first-order valence-electron chi connectivity index (χ1n) is 11.5. The molecule has 3 aliphatic carbocycles. The molecule has 1 saturated carbocycles. The Labute approximate surface area is 222 Å². The molecule has 0 aromatic heterocycles. The van der Waals surface area contributed by atoms with Crippen molar-refractivity contribution >= 4 is 57.2 Å². The first-order valence-corrected chi connectivity index (χ1v) is 13.1. The van der Waals surface area contributed by atoms with Gasteiger partial charge in [-0.1, -0.05) is 41.4 Å². The summed E-state index contributed by atoms with van der Waals surface area (Å²) in [5.74, 6) is 0.282. The van der Waals surface area contributed by atoms with Crippen LogP contribution in [0.25, 0.3) is 0 Å². The second kappa shape index (κ2) is 9.96. The Hall–Kier alpha value is -2.35. The largest absolute Gasteiger partial charge is 0.490 e. The van der Waals surface area contributed by atoms with Crippen LogP contribution in [-0.4, -0.2) is 29.6 Å². The van der Waals surface area contributed by atoms with Gasteiger partial charge in [-0.25, -0.2) is 0 Å². The summed E-state index contributed by atoms with van der Waals surface area (Å²) < 4.78 is 12.5. The maximum Gasteiger partial charge on any atom is 0.254 e. The summed E-state index contributed by atoms with van der Waals surface area (Å²) in [6, 6.07) is 8.79. The molecule has 0 N–H and O–H groups in total. The predicted octanol–water partition coefficient (Wildman–Crippen LogP) is 6.26. The van der Waals surface area contributed by atoms with Crippen molar-refractivity contribution in [3.63, 3.8) is 0 Å². The summed E-state index contributed by atoms with van der Waals surface area (Å²) in [6.07, 6.45) is 7.60. The van der Waals surface area contributed by atoms with Gasteiger partial charge in [0.15, 0.2) is 11.5 Å². The van der Waals surface area contributed by atoms with E-state index in [0.717, 1.165) is 23.4 Å². The summed E-state index contributed by atoms with van der Waals surface area (Å²) in [7, 11) is 0. The summed E-state index contributed by atoms with van der Waals surface area (Å²) in [5, 5.41) is 6.41. The topological polar surface area (TPSA) is 68.2 Å². The average molecular weight is 578 g/mol. The number of allylic oxidation sites excluding steroid dienone is 2. The first-order chi connectivity index (χ1) is 16.9. The zero-order valence-corrected chi connectivity index (χ0v) is 22.0. The third-order valence-electron chi connectivity index (χ3n) is 6.78. The van der Waals surface area contributed by atoms with Crippen LogP contribution in [0.4, 0.5) is 0 Å². The molecule has 2 fully saturated rings. The summed E-state index contributed by atoms with van der Waals surface area (Å²) in [5.41, 5.74) is 1.45. The summed E-state index contributed by atoms with van der Waals surface area (Å²) >= 11 is 15.8. The van der Waals surface area contributed by atoms with Crippen molar-refractivity contribution in [2.24, 2.45) is 28.8 Å². The van der Waals surface area contributed by atoms with Gasteiger partial charge in [-0.15, -0.1) is 0 Å². The lowest BCUT2D eigenvalue weighted by Crippen LogP contribution is -2.38. The number of carbonyl (C=O) groups is 2. The molecule has 6 rings (SSSR count). The lowest BCUT2D eigenvalue weighted by molar-refractivity contribution is -0.140. The Bertz CT molecular complexity index is 1220. The van der Waals surface area contributed by atoms with Gasteiger partial charge in [0, 0.05) is 15.6 Å². The van der Waals surface area contributed by atoms with E-state index in [0.29, 0.717) is 38.2 Å². The van der Waals surface area contributed by atoms with Gasteiger partial charge in [-0.3, -0.25) is 9.59 Å². The molecule has 2 aromatic rings. The number of carbonyl (C=O) groups excluding carboxylic acids is 2. The molecule has 1 saturated heterocycles. The molecule has 4 aliphatic rings. The molecule has 1 heterocycles. The Balaban J connectivity index is 1.36. The second-order valence-corrected chi connectivity index (χ2v) is 10.6. The number of nitrogens with zero attached hydrogens (tertiary/aromatic N) is 2. The lowest BCUT2D eigenvalue weighted by Gasteiger charge is -2.37. The first kappa shape index (κ1) is 24.3. The second-order valence-electron chi connectivity index (χ2n) is 8.86. The molecular formula is C26H23BrCl2N2O4. The van der Waals surface area contributed by atoms with Crippen LogP contribution in [0.5, 0.6) is 11.5 Å². The minimum absolute atomic E-state index is 0.130. The smallest absolute Gasteiger partial charge is 0.254 e. The third kappa shape index (κ3) is 4.61. The van der Waals surface area contributed by atoms with E-state index in [1.165, 1.54) is 6.21 Å². The molecule has 182 valence electrons. The number of amides is 2. The molecule has 2 amide bonds. The molecule has 0 radical (unpaired) electrons. The van der Waals surface area contributed by atoms with Gasteiger partial charge in [0.25, 0.3) is 11.8 Å². The summed E-state index contributed by atoms with van der Waals surface area (Å²) in [6.45, 7) is 2.52. The number of hydrogen-bond acceptors (Lipinski definition) is 5. The number of hydrogen-bond donors (Lipinski definition) is 0. The highest BCUT2D eigenvalue weighted by atomic mass is 79.9. The lowest BCUT2D eigenvalue weighted by atomic mass is 9.63. The zero-order valence-electron chi connectivity index (χ0n) is 18.9. The molecule has 9 heteroatoms. The molecule has 35 heavy (non-hydrogen) atoms. The van der Waals surface area contributed by atoms with Crippen molar-refractivity contribution in [3.8, 4) is 11.5 Å². The number of halogens is 3. The fraction of sp³-hybridized carbons (Fsp3) is 0.346. The Morgan fingerprint density at radius 2 is 1.74 bits per heavy atom. The number of benzene rings is 2. The summed E-state index contributed by atoms with van der Waals surface area (Å²) in [4.78, 5) is 26.0. The molecule has 1 aliphatic heterocycles. The predicted molar refractivity (Wildman–Crippen MR) is 138 cm³/mol. The highest BCUT2D eigenvalue weighted by Gasteiger charge is 2.56. The van der Waals surface area contributed by atoms with E-state index in [1.807, 2.05) is 13.0 Å². The standard InChI is InChI=1S/C26H23BrCl2N2O4/c1-2-34-21-10-14(9-19(27)24(21)35-13-17-7-8-18(28)11-20(17)29)12-30-31-25(32)22-15-3-4-16(6-5-15)23(22)26(31)33/h3-4,7-12,15-16,22-23H,2,5-6,13H2,1H3/t15-,16-,22-,23+/m0/s1. The highest BCUT2D eigenvalue weighted by molar-refractivity contribution is 9.10. The van der Waals surface area contributed by atoms with Gasteiger partial charge in [-0.05, 0) is 77.4 Å². The van der Waals surface area contributed by atoms with Crippen molar-refractivity contribution in [1.29, 1.82) is 0 Å². The quantitative estimate of drug-likeness (QED) is 0.221. The van der Waals surface area contributed by atoms with Crippen LogP contribution in [0.1, 0.15) is 30.9 Å². The van der Waals surface area contributed by atoms with Gasteiger partial charge < -0.3 is 9.47 Å². The van der Waals surface area contributed by atoms with Gasteiger partial charge in [-0.2, -0.15) is 10.1 Å². The molecular weight excluding hydrogens is 555 g/mol. The van der Waals surface area contributed by atoms with Gasteiger partial charge in [0.2, 0.25) is 0 Å². The van der Waals surface area contributed by atoms with E-state index in [1.54, 1.807) is 24.3 Å². The van der Waals surface area contributed by atoms with Crippen molar-refractivity contribution in [2.45, 2.75) is 26.4 Å². The van der Waals surface area contributed by atoms with Crippen LogP contribution in [-0.2, 0) is 16.2 Å². The Morgan fingerprint density at radius 1 is 1.06 bits per heavy atom. The van der Waals surface area contributed by atoms with Crippen LogP contribution >= 0.6 is 39.1 Å². The van der Waals surface area contributed by atoms with E-state index >= 15 is 0 Å². The van der Waals surface area contributed by atoms with Crippen molar-refractivity contribution in [3.05, 3.63) is 68.1 Å². The molecule has 0 spiro atoms. The van der Waals surface area contributed by atoms with E-state index < -0.39 is 0 Å². The molecule has 4 atom stereocenters. The molecule has 2 aromatic carbocycles. The van der Waals surface area contributed by atoms with Crippen molar-refractivity contribution in [2.75, 3.05) is 6.61 Å². The van der Waals surface area contributed by atoms with E-state index in [9.17, 15) is 9.59 Å². The third-order valence-corrected chi connectivity index (χ3v) is 7.95.